The summed E-state index contributed by atoms with van der Waals surface area (Å²) in [4.78, 5) is 33.6. The first-order chi connectivity index (χ1) is 9.88. The highest BCUT2D eigenvalue weighted by molar-refractivity contribution is 5.84. The van der Waals surface area contributed by atoms with Crippen LogP contribution in [-0.2, 0) is 14.4 Å². The van der Waals surface area contributed by atoms with Crippen LogP contribution in [0.1, 0.15) is 51.4 Å². The highest BCUT2D eigenvalue weighted by Gasteiger charge is 2.33. The Labute approximate surface area is 124 Å². The highest BCUT2D eigenvalue weighted by Crippen LogP contribution is 2.30. The van der Waals surface area contributed by atoms with Crippen LogP contribution in [0.4, 0.5) is 0 Å². The Morgan fingerprint density at radius 3 is 2.24 bits per heavy atom. The Hall–Kier alpha value is -1.63. The van der Waals surface area contributed by atoms with Crippen molar-refractivity contribution in [1.82, 2.24) is 10.6 Å². The van der Waals surface area contributed by atoms with Crippen molar-refractivity contribution in [3.8, 4) is 0 Å². The summed E-state index contributed by atoms with van der Waals surface area (Å²) in [7, 11) is 1.82. The van der Waals surface area contributed by atoms with Gasteiger partial charge in [0.15, 0.2) is 0 Å². The molecule has 1 saturated carbocycles. The van der Waals surface area contributed by atoms with E-state index >= 15 is 0 Å². The Morgan fingerprint density at radius 1 is 1.14 bits per heavy atom. The molecule has 0 spiro atoms. The van der Waals surface area contributed by atoms with Crippen LogP contribution in [0.5, 0.6) is 0 Å². The van der Waals surface area contributed by atoms with Crippen molar-refractivity contribution in [3.63, 3.8) is 0 Å². The molecule has 0 bridgehead atoms. The van der Waals surface area contributed by atoms with E-state index in [1.54, 1.807) is 0 Å². The molecule has 1 atom stereocenters. The predicted molar refractivity (Wildman–Crippen MR) is 75.9 cm³/mol. The third-order valence-corrected chi connectivity index (χ3v) is 4.12. The molecule has 0 aromatic rings. The standard InChI is InChI=1S/C14H24N2O5/c1-15-14(7-3-2-4-8-14)9-11(17)16-10(13(20)21)5-6-12(18)19/h10,15H,2-9H2,1H3,(H,16,17)(H,18,19)(H,20,21). The molecular formula is C14H24N2O5. The molecule has 21 heavy (non-hydrogen) atoms. The number of rotatable bonds is 8. The molecule has 0 heterocycles. The first kappa shape index (κ1) is 17.4. The minimum Gasteiger partial charge on any atom is -0.481 e. The molecule has 7 nitrogen and oxygen atoms in total. The van der Waals surface area contributed by atoms with Crippen LogP contribution in [0.3, 0.4) is 0 Å². The van der Waals surface area contributed by atoms with Crippen LogP contribution < -0.4 is 10.6 Å². The Kier molecular flexibility index (Phi) is 6.61. The lowest BCUT2D eigenvalue weighted by atomic mass is 9.79. The third-order valence-electron chi connectivity index (χ3n) is 4.12. The summed E-state index contributed by atoms with van der Waals surface area (Å²) < 4.78 is 0. The number of carboxylic acids is 2. The van der Waals surface area contributed by atoms with Crippen LogP contribution in [-0.4, -0.2) is 46.7 Å². The molecule has 1 fully saturated rings. The minimum atomic E-state index is -1.20. The number of amides is 1. The zero-order chi connectivity index (χ0) is 15.9. The second-order valence-corrected chi connectivity index (χ2v) is 5.66. The Morgan fingerprint density at radius 2 is 1.76 bits per heavy atom. The van der Waals surface area contributed by atoms with E-state index in [1.165, 1.54) is 0 Å². The summed E-state index contributed by atoms with van der Waals surface area (Å²) in [5, 5.41) is 23.3. The van der Waals surface area contributed by atoms with Crippen LogP contribution in [0.25, 0.3) is 0 Å². The van der Waals surface area contributed by atoms with Gasteiger partial charge in [-0.25, -0.2) is 4.79 Å². The average Bonchev–Trinajstić information content (AvgIpc) is 2.43. The van der Waals surface area contributed by atoms with Gasteiger partial charge in [0.2, 0.25) is 5.91 Å². The summed E-state index contributed by atoms with van der Waals surface area (Å²) in [5.41, 5.74) is -0.266. The van der Waals surface area contributed by atoms with Gasteiger partial charge in [-0.2, -0.15) is 0 Å². The molecule has 0 aromatic carbocycles. The summed E-state index contributed by atoms with van der Waals surface area (Å²) in [5.74, 6) is -2.62. The fourth-order valence-electron chi connectivity index (χ4n) is 2.82. The van der Waals surface area contributed by atoms with E-state index in [2.05, 4.69) is 10.6 Å². The summed E-state index contributed by atoms with van der Waals surface area (Å²) in [6.45, 7) is 0. The SMILES string of the molecule is CNC1(CC(=O)NC(CCC(=O)O)C(=O)O)CCCCC1. The molecule has 1 amide bonds. The zero-order valence-electron chi connectivity index (χ0n) is 12.4. The average molecular weight is 300 g/mol. The minimum absolute atomic E-state index is 0.108. The molecule has 120 valence electrons. The van der Waals surface area contributed by atoms with E-state index in [1.807, 2.05) is 7.05 Å². The maximum atomic E-state index is 12.1. The largest absolute Gasteiger partial charge is 0.481 e. The van der Waals surface area contributed by atoms with Crippen molar-refractivity contribution in [1.29, 1.82) is 0 Å². The highest BCUT2D eigenvalue weighted by atomic mass is 16.4. The van der Waals surface area contributed by atoms with E-state index < -0.39 is 18.0 Å². The van der Waals surface area contributed by atoms with Crippen molar-refractivity contribution in [2.45, 2.75) is 62.9 Å². The van der Waals surface area contributed by atoms with Gasteiger partial charge >= 0.3 is 11.9 Å². The molecule has 1 unspecified atom stereocenters. The Bertz CT molecular complexity index is 391. The molecule has 0 aromatic heterocycles. The smallest absolute Gasteiger partial charge is 0.326 e. The lowest BCUT2D eigenvalue weighted by molar-refractivity contribution is -0.143. The molecule has 0 radical (unpaired) electrons. The number of carbonyl (C=O) groups is 3. The van der Waals surface area contributed by atoms with Crippen LogP contribution in [0.2, 0.25) is 0 Å². The number of carboxylic acid groups (broad SMARTS) is 2. The van der Waals surface area contributed by atoms with Crippen molar-refractivity contribution >= 4 is 17.8 Å². The quantitative estimate of drug-likeness (QED) is 0.525. The van der Waals surface area contributed by atoms with Gasteiger partial charge in [-0.15, -0.1) is 0 Å². The molecule has 0 saturated heterocycles. The summed E-state index contributed by atoms with van der Waals surface area (Å²) in [6, 6.07) is -1.15. The van der Waals surface area contributed by atoms with Crippen molar-refractivity contribution < 1.29 is 24.6 Å². The van der Waals surface area contributed by atoms with Gasteiger partial charge in [-0.05, 0) is 26.3 Å². The number of aliphatic carboxylic acids is 2. The van der Waals surface area contributed by atoms with E-state index in [9.17, 15) is 14.4 Å². The van der Waals surface area contributed by atoms with Gasteiger partial charge < -0.3 is 20.8 Å². The van der Waals surface area contributed by atoms with Crippen LogP contribution in [0.15, 0.2) is 0 Å². The number of hydrogen-bond acceptors (Lipinski definition) is 4. The molecule has 0 aliphatic heterocycles. The monoisotopic (exact) mass is 300 g/mol. The molecule has 1 rings (SSSR count). The topological polar surface area (TPSA) is 116 Å². The van der Waals surface area contributed by atoms with Gasteiger partial charge in [-0.3, -0.25) is 9.59 Å². The first-order valence-corrected chi connectivity index (χ1v) is 7.31. The van der Waals surface area contributed by atoms with Crippen LogP contribution in [0, 0.1) is 0 Å². The fourth-order valence-corrected chi connectivity index (χ4v) is 2.82. The van der Waals surface area contributed by atoms with Gasteiger partial charge in [-0.1, -0.05) is 19.3 Å². The lowest BCUT2D eigenvalue weighted by Crippen LogP contribution is -2.50. The normalized spacial score (nSPS) is 18.7. The first-order valence-electron chi connectivity index (χ1n) is 7.31. The van der Waals surface area contributed by atoms with Crippen molar-refractivity contribution in [3.05, 3.63) is 0 Å². The van der Waals surface area contributed by atoms with E-state index in [4.69, 9.17) is 10.2 Å². The van der Waals surface area contributed by atoms with Gasteiger partial charge in [0.05, 0.1) is 0 Å². The predicted octanol–water partition coefficient (Wildman–Crippen LogP) is 0.733. The molecular weight excluding hydrogens is 276 g/mol. The van der Waals surface area contributed by atoms with E-state index in [-0.39, 0.29) is 30.7 Å². The van der Waals surface area contributed by atoms with E-state index in [0.717, 1.165) is 32.1 Å². The summed E-state index contributed by atoms with van der Waals surface area (Å²) >= 11 is 0. The van der Waals surface area contributed by atoms with E-state index in [0.29, 0.717) is 0 Å². The molecule has 1 aliphatic rings. The van der Waals surface area contributed by atoms with Crippen molar-refractivity contribution in [2.24, 2.45) is 0 Å². The second-order valence-electron chi connectivity index (χ2n) is 5.66. The number of carbonyl (C=O) groups excluding carboxylic acids is 1. The number of nitrogens with one attached hydrogen (secondary N) is 2. The summed E-state index contributed by atoms with van der Waals surface area (Å²) in [6.07, 6.45) is 4.87. The maximum Gasteiger partial charge on any atom is 0.326 e. The second kappa shape index (κ2) is 7.97. The lowest BCUT2D eigenvalue weighted by Gasteiger charge is -2.36. The fraction of sp³-hybridized carbons (Fsp3) is 0.786. The number of hydrogen-bond donors (Lipinski definition) is 4. The Balaban J connectivity index is 2.56. The third kappa shape index (κ3) is 5.71. The van der Waals surface area contributed by atoms with Crippen molar-refractivity contribution in [2.75, 3.05) is 7.05 Å². The van der Waals surface area contributed by atoms with Gasteiger partial charge in [0.1, 0.15) is 6.04 Å². The van der Waals surface area contributed by atoms with Gasteiger partial charge in [0, 0.05) is 18.4 Å². The zero-order valence-corrected chi connectivity index (χ0v) is 12.4. The van der Waals surface area contributed by atoms with Gasteiger partial charge in [0.25, 0.3) is 0 Å². The van der Waals surface area contributed by atoms with Crippen LogP contribution >= 0.6 is 0 Å². The molecule has 4 N–H and O–H groups in total. The molecule has 1 aliphatic carbocycles. The maximum absolute atomic E-state index is 12.1. The molecule has 7 heteroatoms.